The van der Waals surface area contributed by atoms with E-state index < -0.39 is 7.38 Å². The predicted octanol–water partition coefficient (Wildman–Crippen LogP) is 13.4. The fourth-order valence-electron chi connectivity index (χ4n) is 7.31. The lowest BCUT2D eigenvalue weighted by Gasteiger charge is -2.27. The zero-order valence-electron chi connectivity index (χ0n) is 31.3. The van der Waals surface area contributed by atoms with Crippen molar-refractivity contribution in [3.63, 3.8) is 0 Å². The van der Waals surface area contributed by atoms with Crippen molar-refractivity contribution < 1.29 is 0 Å². The maximum Gasteiger partial charge on any atom is 0.247 e. The van der Waals surface area contributed by atoms with Crippen LogP contribution >= 0.6 is 11.1 Å². The Labute approximate surface area is 303 Å². The molecule has 0 radical (unpaired) electrons. The molecule has 48 heavy (non-hydrogen) atoms. The highest BCUT2D eigenvalue weighted by atomic mass is 35.6. The number of benzene rings is 3. The molecule has 0 bridgehead atoms. The smallest absolute Gasteiger partial charge is 0.149 e. The molecule has 3 aromatic carbocycles. The summed E-state index contributed by atoms with van der Waals surface area (Å²) in [6.07, 6.45) is 36.0. The summed E-state index contributed by atoms with van der Waals surface area (Å²) in [4.78, 5) is 0. The first-order valence-corrected chi connectivity index (χ1v) is 23.6. The molecule has 0 spiro atoms. The third-order valence-electron chi connectivity index (χ3n) is 10.5. The molecular formula is C46H71ClSi. The van der Waals surface area contributed by atoms with E-state index in [9.17, 15) is 0 Å². The van der Waals surface area contributed by atoms with E-state index in [1.54, 1.807) is 0 Å². The Morgan fingerprint density at radius 2 is 0.604 bits per heavy atom. The van der Waals surface area contributed by atoms with Crippen molar-refractivity contribution in [1.82, 2.24) is 0 Å². The SMILES string of the molecule is CCCCCCCCCCCCCCc1ccc([Si](Cl)(c2ccccc2)c2ccc(CCCCCCCCCCCCCC)cc2)cc1. The van der Waals surface area contributed by atoms with Crippen molar-refractivity contribution in [3.8, 4) is 0 Å². The molecule has 0 unspecified atom stereocenters. The second-order valence-corrected chi connectivity index (χ2v) is 19.4. The molecular weight excluding hydrogens is 616 g/mol. The van der Waals surface area contributed by atoms with E-state index in [1.165, 1.54) is 194 Å². The summed E-state index contributed by atoms with van der Waals surface area (Å²) in [5, 5.41) is 3.86. The fraction of sp³-hybridized carbons (Fsp3) is 0.609. The fourth-order valence-corrected chi connectivity index (χ4v) is 11.3. The van der Waals surface area contributed by atoms with Gasteiger partial charge < -0.3 is 0 Å². The van der Waals surface area contributed by atoms with Crippen molar-refractivity contribution in [2.24, 2.45) is 0 Å². The van der Waals surface area contributed by atoms with E-state index in [-0.39, 0.29) is 0 Å². The molecule has 3 aromatic rings. The van der Waals surface area contributed by atoms with E-state index in [0.717, 1.165) is 0 Å². The van der Waals surface area contributed by atoms with Crippen LogP contribution in [0.25, 0.3) is 0 Å². The Morgan fingerprint density at radius 3 is 0.917 bits per heavy atom. The van der Waals surface area contributed by atoms with Crippen LogP contribution in [0.5, 0.6) is 0 Å². The van der Waals surface area contributed by atoms with E-state index >= 15 is 0 Å². The third-order valence-corrected chi connectivity index (χ3v) is 15.9. The van der Waals surface area contributed by atoms with Crippen LogP contribution < -0.4 is 15.6 Å². The van der Waals surface area contributed by atoms with Crippen LogP contribution in [-0.2, 0) is 12.8 Å². The average Bonchev–Trinajstić information content (AvgIpc) is 3.13. The van der Waals surface area contributed by atoms with Crippen LogP contribution in [0.1, 0.15) is 179 Å². The molecule has 0 atom stereocenters. The van der Waals surface area contributed by atoms with Crippen LogP contribution in [0.4, 0.5) is 0 Å². The highest BCUT2D eigenvalue weighted by Gasteiger charge is 2.37. The molecule has 0 heterocycles. The summed E-state index contributed by atoms with van der Waals surface area (Å²) in [5.41, 5.74) is 2.90. The van der Waals surface area contributed by atoms with Crippen LogP contribution in [0.15, 0.2) is 78.9 Å². The first kappa shape index (κ1) is 40.6. The van der Waals surface area contributed by atoms with Crippen molar-refractivity contribution in [3.05, 3.63) is 90.0 Å². The van der Waals surface area contributed by atoms with Gasteiger partial charge in [0.05, 0.1) is 0 Å². The minimum atomic E-state index is -2.59. The zero-order chi connectivity index (χ0) is 34.0. The van der Waals surface area contributed by atoms with Crippen molar-refractivity contribution in [2.45, 2.75) is 181 Å². The molecule has 2 heteroatoms. The van der Waals surface area contributed by atoms with Crippen molar-refractivity contribution in [2.75, 3.05) is 0 Å². The monoisotopic (exact) mass is 687 g/mol. The standard InChI is InChI=1S/C46H71ClSi/c1-3-5-7-9-11-13-15-17-19-21-23-26-30-42-34-38-45(39-35-42)48(47,44-32-28-25-29-33-44)46-40-36-43(37-41-46)31-27-24-22-20-18-16-14-12-10-8-6-4-2/h25,28-29,32-41H,3-24,26-27,30-31H2,1-2H3. The minimum absolute atomic E-state index is 1.17. The Bertz CT molecular complexity index is 1080. The molecule has 0 N–H and O–H groups in total. The molecule has 0 fully saturated rings. The number of hydrogen-bond acceptors (Lipinski definition) is 0. The lowest BCUT2D eigenvalue weighted by Crippen LogP contribution is -2.62. The average molecular weight is 688 g/mol. The second kappa shape index (κ2) is 26.0. The van der Waals surface area contributed by atoms with Gasteiger partial charge in [-0.15, -0.1) is 11.1 Å². The molecule has 0 saturated carbocycles. The van der Waals surface area contributed by atoms with Gasteiger partial charge in [-0.1, -0.05) is 234 Å². The minimum Gasteiger partial charge on any atom is -0.149 e. The summed E-state index contributed by atoms with van der Waals surface area (Å²) in [7, 11) is -2.59. The largest absolute Gasteiger partial charge is 0.247 e. The van der Waals surface area contributed by atoms with Crippen LogP contribution in [0, 0.1) is 0 Å². The molecule has 266 valence electrons. The number of rotatable bonds is 29. The highest BCUT2D eigenvalue weighted by Crippen LogP contribution is 2.18. The molecule has 0 amide bonds. The Balaban J connectivity index is 1.41. The van der Waals surface area contributed by atoms with E-state index in [2.05, 4.69) is 92.7 Å². The van der Waals surface area contributed by atoms with Crippen LogP contribution in [-0.4, -0.2) is 7.38 Å². The summed E-state index contributed by atoms with van der Waals surface area (Å²) in [6.45, 7) is 4.60. The quantitative estimate of drug-likeness (QED) is 0.0295. The molecule has 3 rings (SSSR count). The summed E-state index contributed by atoms with van der Waals surface area (Å²) < 4.78 is 0. The Hall–Kier alpha value is -1.83. The van der Waals surface area contributed by atoms with Crippen LogP contribution in [0.2, 0.25) is 0 Å². The first-order chi connectivity index (χ1) is 23.7. The summed E-state index contributed by atoms with van der Waals surface area (Å²) >= 11 is 7.82. The molecule has 0 aliphatic heterocycles. The summed E-state index contributed by atoms with van der Waals surface area (Å²) in [6, 6.07) is 29.6. The third kappa shape index (κ3) is 15.8. The van der Waals surface area contributed by atoms with Gasteiger partial charge in [-0.2, -0.15) is 0 Å². The maximum absolute atomic E-state index is 7.82. The van der Waals surface area contributed by atoms with Crippen molar-refractivity contribution >= 4 is 34.0 Å². The molecule has 0 aliphatic rings. The van der Waals surface area contributed by atoms with E-state index in [4.69, 9.17) is 11.1 Å². The van der Waals surface area contributed by atoms with Gasteiger partial charge in [0.15, 0.2) is 0 Å². The van der Waals surface area contributed by atoms with E-state index in [1.807, 2.05) is 0 Å². The number of unbranched alkanes of at least 4 members (excludes halogenated alkanes) is 22. The Kier molecular flexibility index (Phi) is 22.0. The second-order valence-electron chi connectivity index (χ2n) is 14.7. The van der Waals surface area contributed by atoms with Gasteiger partial charge in [-0.05, 0) is 52.4 Å². The van der Waals surface area contributed by atoms with E-state index in [0.29, 0.717) is 0 Å². The number of hydrogen-bond donors (Lipinski definition) is 0. The van der Waals surface area contributed by atoms with Gasteiger partial charge in [-0.3, -0.25) is 0 Å². The van der Waals surface area contributed by atoms with Gasteiger partial charge in [0.25, 0.3) is 0 Å². The lowest BCUT2D eigenvalue weighted by atomic mass is 10.0. The molecule has 0 saturated heterocycles. The maximum atomic E-state index is 7.82. The lowest BCUT2D eigenvalue weighted by molar-refractivity contribution is 0.544. The van der Waals surface area contributed by atoms with Gasteiger partial charge in [0.1, 0.15) is 0 Å². The number of halogens is 1. The normalized spacial score (nSPS) is 11.7. The molecule has 0 nitrogen and oxygen atoms in total. The molecule has 0 aromatic heterocycles. The number of aryl methyl sites for hydroxylation is 2. The summed E-state index contributed by atoms with van der Waals surface area (Å²) in [5.74, 6) is 0. The van der Waals surface area contributed by atoms with Crippen molar-refractivity contribution in [1.29, 1.82) is 0 Å². The predicted molar refractivity (Wildman–Crippen MR) is 219 cm³/mol. The van der Waals surface area contributed by atoms with Gasteiger partial charge >= 0.3 is 0 Å². The Morgan fingerprint density at radius 1 is 0.333 bits per heavy atom. The van der Waals surface area contributed by atoms with Gasteiger partial charge in [0, 0.05) is 0 Å². The van der Waals surface area contributed by atoms with Crippen LogP contribution in [0.3, 0.4) is 0 Å². The van der Waals surface area contributed by atoms with Gasteiger partial charge in [-0.25, -0.2) is 0 Å². The zero-order valence-corrected chi connectivity index (χ0v) is 33.0. The first-order valence-electron chi connectivity index (χ1n) is 20.6. The topological polar surface area (TPSA) is 0 Å². The molecule has 0 aliphatic carbocycles. The van der Waals surface area contributed by atoms with Gasteiger partial charge in [0.2, 0.25) is 7.38 Å². The highest BCUT2D eigenvalue weighted by molar-refractivity contribution is 7.40.